The van der Waals surface area contributed by atoms with Crippen molar-refractivity contribution in [2.24, 2.45) is 0 Å². The van der Waals surface area contributed by atoms with Gasteiger partial charge in [0.1, 0.15) is 17.7 Å². The van der Waals surface area contributed by atoms with E-state index in [0.717, 1.165) is 11.8 Å². The highest BCUT2D eigenvalue weighted by molar-refractivity contribution is 7.89. The summed E-state index contributed by atoms with van der Waals surface area (Å²) in [6.45, 7) is 3.79. The van der Waals surface area contributed by atoms with Crippen LogP contribution in [0.1, 0.15) is 19.0 Å². The Morgan fingerprint density at radius 2 is 2.00 bits per heavy atom. The Balaban J connectivity index is 1.67. The van der Waals surface area contributed by atoms with Gasteiger partial charge in [-0.3, -0.25) is 4.98 Å². The number of hydrogen-bond acceptors (Lipinski definition) is 6. The summed E-state index contributed by atoms with van der Waals surface area (Å²) in [6, 6.07) is 6.38. The molecule has 174 valence electrons. The third kappa shape index (κ3) is 6.15. The second-order valence-corrected chi connectivity index (χ2v) is 9.71. The summed E-state index contributed by atoms with van der Waals surface area (Å²) >= 11 is 0. The lowest BCUT2D eigenvalue weighted by molar-refractivity contribution is 0.147. The third-order valence-corrected chi connectivity index (χ3v) is 6.90. The van der Waals surface area contributed by atoms with Crippen molar-refractivity contribution in [2.45, 2.75) is 32.4 Å². The summed E-state index contributed by atoms with van der Waals surface area (Å²) in [6.07, 6.45) is 1.45. The highest BCUT2D eigenvalue weighted by atomic mass is 32.2. The van der Waals surface area contributed by atoms with Crippen LogP contribution in [0.4, 0.5) is 20.6 Å². The van der Waals surface area contributed by atoms with Gasteiger partial charge in [-0.05, 0) is 32.0 Å². The van der Waals surface area contributed by atoms with Gasteiger partial charge in [0.05, 0.1) is 36.8 Å². The number of rotatable bonds is 8. The number of benzene rings is 1. The number of carbonyl (C=O) groups excluding carboxylic acids is 1. The summed E-state index contributed by atoms with van der Waals surface area (Å²) in [7, 11) is -1.92. The molecule has 0 bridgehead atoms. The molecular weight excluding hydrogens is 439 g/mol. The van der Waals surface area contributed by atoms with Crippen LogP contribution in [0, 0.1) is 12.7 Å². The fraction of sp³-hybridized carbons (Fsp3) is 0.429. The van der Waals surface area contributed by atoms with E-state index in [4.69, 9.17) is 9.47 Å². The molecule has 32 heavy (non-hydrogen) atoms. The molecule has 2 aromatic rings. The minimum Gasteiger partial charge on any atom is -0.489 e. The molecule has 11 heteroatoms. The van der Waals surface area contributed by atoms with E-state index in [1.54, 1.807) is 19.1 Å². The van der Waals surface area contributed by atoms with Gasteiger partial charge in [-0.15, -0.1) is 0 Å². The number of methoxy groups -OCH3 is 1. The molecule has 2 heterocycles. The maximum Gasteiger partial charge on any atom is 0.323 e. The van der Waals surface area contributed by atoms with Crippen LogP contribution in [0.5, 0.6) is 5.75 Å². The summed E-state index contributed by atoms with van der Waals surface area (Å²) in [5.41, 5.74) is 1.50. The fourth-order valence-electron chi connectivity index (χ4n) is 3.51. The Morgan fingerprint density at radius 1 is 1.25 bits per heavy atom. The molecule has 1 aromatic heterocycles. The predicted molar refractivity (Wildman–Crippen MR) is 119 cm³/mol. The molecule has 0 aliphatic carbocycles. The number of aryl methyl sites for hydroxylation is 1. The van der Waals surface area contributed by atoms with Gasteiger partial charge in [-0.1, -0.05) is 0 Å². The van der Waals surface area contributed by atoms with Gasteiger partial charge < -0.3 is 20.1 Å². The van der Waals surface area contributed by atoms with E-state index >= 15 is 0 Å². The smallest absolute Gasteiger partial charge is 0.323 e. The van der Waals surface area contributed by atoms with Crippen molar-refractivity contribution in [2.75, 3.05) is 36.6 Å². The Kier molecular flexibility index (Phi) is 7.64. The molecule has 0 spiro atoms. The number of aromatic nitrogens is 1. The van der Waals surface area contributed by atoms with Crippen molar-refractivity contribution in [1.29, 1.82) is 0 Å². The number of urea groups is 1. The van der Waals surface area contributed by atoms with E-state index in [9.17, 15) is 17.6 Å². The summed E-state index contributed by atoms with van der Waals surface area (Å²) in [4.78, 5) is 16.3. The molecular formula is C21H27FN4O5S. The Labute approximate surface area is 187 Å². The van der Waals surface area contributed by atoms with Crippen molar-refractivity contribution >= 4 is 27.4 Å². The van der Waals surface area contributed by atoms with E-state index in [0.29, 0.717) is 12.1 Å². The van der Waals surface area contributed by atoms with Crippen LogP contribution in [0.2, 0.25) is 0 Å². The lowest BCUT2D eigenvalue weighted by Crippen LogP contribution is -2.39. The molecule has 1 aromatic carbocycles. The average molecular weight is 467 g/mol. The van der Waals surface area contributed by atoms with Crippen LogP contribution in [0.3, 0.4) is 0 Å². The molecule has 1 fully saturated rings. The Bertz CT molecular complexity index is 1050. The minimum atomic E-state index is -3.43. The zero-order chi connectivity index (χ0) is 23.3. The van der Waals surface area contributed by atoms with Crippen molar-refractivity contribution in [3.05, 3.63) is 48.0 Å². The molecule has 2 N–H and O–H groups in total. The molecule has 2 amide bonds. The van der Waals surface area contributed by atoms with Crippen LogP contribution >= 0.6 is 0 Å². The molecule has 0 saturated carbocycles. The molecule has 2 atom stereocenters. The van der Waals surface area contributed by atoms with Gasteiger partial charge in [-0.25, -0.2) is 17.6 Å². The first-order valence-corrected chi connectivity index (χ1v) is 11.8. The van der Waals surface area contributed by atoms with Gasteiger partial charge in [-0.2, -0.15) is 4.31 Å². The summed E-state index contributed by atoms with van der Waals surface area (Å²) < 4.78 is 51.3. The molecule has 0 radical (unpaired) electrons. The highest BCUT2D eigenvalue weighted by Gasteiger charge is 2.39. The van der Waals surface area contributed by atoms with Crippen molar-refractivity contribution in [3.8, 4) is 5.75 Å². The zero-order valence-corrected chi connectivity index (χ0v) is 19.0. The lowest BCUT2D eigenvalue weighted by atomic mass is 10.2. The molecule has 1 saturated heterocycles. The van der Waals surface area contributed by atoms with Crippen LogP contribution in [-0.2, 0) is 14.8 Å². The maximum atomic E-state index is 14.2. The van der Waals surface area contributed by atoms with Crippen molar-refractivity contribution in [3.63, 3.8) is 0 Å². The first-order valence-electron chi connectivity index (χ1n) is 10.2. The quantitative estimate of drug-likeness (QED) is 0.619. The van der Waals surface area contributed by atoms with Crippen molar-refractivity contribution < 1.29 is 27.1 Å². The number of nitrogens with one attached hydrogen (secondary N) is 2. The maximum absolute atomic E-state index is 14.2. The highest BCUT2D eigenvalue weighted by Crippen LogP contribution is 2.28. The first-order chi connectivity index (χ1) is 15.2. The summed E-state index contributed by atoms with van der Waals surface area (Å²) in [5.74, 6) is -0.437. The second-order valence-electron chi connectivity index (χ2n) is 7.50. The van der Waals surface area contributed by atoms with Crippen LogP contribution in [0.25, 0.3) is 0 Å². The van der Waals surface area contributed by atoms with E-state index in [1.165, 1.54) is 29.7 Å². The molecule has 1 aliphatic rings. The Morgan fingerprint density at radius 3 is 2.66 bits per heavy atom. The normalized spacial score (nSPS) is 19.0. The van der Waals surface area contributed by atoms with E-state index in [2.05, 4.69) is 15.6 Å². The molecule has 3 rings (SSSR count). The fourth-order valence-corrected chi connectivity index (χ4v) is 4.84. The zero-order valence-electron chi connectivity index (χ0n) is 18.2. The van der Waals surface area contributed by atoms with E-state index in [-0.39, 0.29) is 36.4 Å². The minimum absolute atomic E-state index is 0.0282. The summed E-state index contributed by atoms with van der Waals surface area (Å²) in [5, 5.41) is 5.17. The first kappa shape index (κ1) is 23.9. The van der Waals surface area contributed by atoms with Gasteiger partial charge in [0.25, 0.3) is 0 Å². The average Bonchev–Trinajstić information content (AvgIpc) is 3.12. The molecule has 0 unspecified atom stereocenters. The van der Waals surface area contributed by atoms with E-state index < -0.39 is 28.0 Å². The standard InChI is InChI=1S/C21H27FN4O5S/c1-4-32(28,29)26-12-20(10-18(26)13-30-3)31-19-8-15(22)7-17(9-19)25-21(27)24-16-6-5-14(2)23-11-16/h5-9,11,18,20H,4,10,12-13H2,1-3H3,(H2,24,25,27)/t18-,20-/m0/s1. The van der Waals surface area contributed by atoms with Crippen LogP contribution in [-0.4, -0.2) is 61.9 Å². The number of anilines is 2. The van der Waals surface area contributed by atoms with Crippen LogP contribution < -0.4 is 15.4 Å². The van der Waals surface area contributed by atoms with Gasteiger partial charge in [0, 0.05) is 37.0 Å². The number of pyridine rings is 1. The van der Waals surface area contributed by atoms with Gasteiger partial charge >= 0.3 is 6.03 Å². The molecule has 1 aliphatic heterocycles. The number of carbonyl (C=O) groups is 1. The SMILES string of the molecule is CCS(=O)(=O)N1C[C@@H](Oc2cc(F)cc(NC(=O)Nc3ccc(C)nc3)c2)C[C@H]1COC. The van der Waals surface area contributed by atoms with Crippen LogP contribution in [0.15, 0.2) is 36.5 Å². The Hall–Kier alpha value is -2.76. The topological polar surface area (TPSA) is 110 Å². The van der Waals surface area contributed by atoms with E-state index in [1.807, 2.05) is 6.92 Å². The van der Waals surface area contributed by atoms with Gasteiger partial charge in [0.2, 0.25) is 10.0 Å². The number of hydrogen-bond donors (Lipinski definition) is 2. The number of sulfonamides is 1. The number of nitrogens with zero attached hydrogens (tertiary/aromatic N) is 2. The monoisotopic (exact) mass is 466 g/mol. The number of amides is 2. The number of halogens is 1. The molecule has 9 nitrogen and oxygen atoms in total. The third-order valence-electron chi connectivity index (χ3n) is 5.01. The van der Waals surface area contributed by atoms with Crippen molar-refractivity contribution in [1.82, 2.24) is 9.29 Å². The lowest BCUT2D eigenvalue weighted by Gasteiger charge is -2.22. The predicted octanol–water partition coefficient (Wildman–Crippen LogP) is 2.99. The number of ether oxygens (including phenoxy) is 2. The largest absolute Gasteiger partial charge is 0.489 e. The van der Waals surface area contributed by atoms with Gasteiger partial charge in [0.15, 0.2) is 0 Å². The second kappa shape index (κ2) is 10.2.